The summed E-state index contributed by atoms with van der Waals surface area (Å²) in [5.74, 6) is 1.04. The van der Waals surface area contributed by atoms with Crippen LogP contribution in [0.4, 0.5) is 18.9 Å². The minimum Gasteiger partial charge on any atom is -0.482 e. The average molecular weight is 343 g/mol. The second kappa shape index (κ2) is 6.70. The number of hydrogen-bond donors (Lipinski definition) is 1. The predicted molar refractivity (Wildman–Crippen MR) is 83.1 cm³/mol. The lowest BCUT2D eigenvalue weighted by molar-refractivity contribution is -0.153. The van der Waals surface area contributed by atoms with Gasteiger partial charge in [-0.1, -0.05) is 32.0 Å². The topological polar surface area (TPSA) is 60.2 Å². The summed E-state index contributed by atoms with van der Waals surface area (Å²) in [4.78, 5) is 4.27. The van der Waals surface area contributed by atoms with Gasteiger partial charge in [0.15, 0.2) is 12.4 Å². The molecule has 5 nitrogen and oxygen atoms in total. The molecule has 0 saturated heterocycles. The number of aryl methyl sites for hydroxylation is 1. The zero-order chi connectivity index (χ0) is 18.0. The Bertz CT molecular complexity index is 691. The molecule has 0 saturated carbocycles. The summed E-state index contributed by atoms with van der Waals surface area (Å²) in [6.45, 7) is 6.49. The van der Waals surface area contributed by atoms with Gasteiger partial charge in [-0.3, -0.25) is 0 Å². The minimum absolute atomic E-state index is 0.128. The van der Waals surface area contributed by atoms with Crippen molar-refractivity contribution >= 4 is 5.69 Å². The average Bonchev–Trinajstić information content (AvgIpc) is 2.92. The quantitative estimate of drug-likeness (QED) is 0.880. The van der Waals surface area contributed by atoms with E-state index in [0.717, 1.165) is 5.56 Å². The molecule has 8 heteroatoms. The van der Waals surface area contributed by atoms with Crippen molar-refractivity contribution < 1.29 is 22.4 Å². The van der Waals surface area contributed by atoms with Gasteiger partial charge < -0.3 is 14.6 Å². The molecule has 2 rings (SSSR count). The van der Waals surface area contributed by atoms with Crippen LogP contribution in [-0.4, -0.2) is 22.9 Å². The Morgan fingerprint density at radius 3 is 2.50 bits per heavy atom. The van der Waals surface area contributed by atoms with Crippen molar-refractivity contribution in [2.24, 2.45) is 0 Å². The zero-order valence-electron chi connectivity index (χ0n) is 14.0. The van der Waals surface area contributed by atoms with E-state index in [9.17, 15) is 13.2 Å². The van der Waals surface area contributed by atoms with Gasteiger partial charge >= 0.3 is 6.18 Å². The maximum Gasteiger partial charge on any atom is 0.422 e. The fraction of sp³-hybridized carbons (Fsp3) is 0.500. The van der Waals surface area contributed by atoms with E-state index in [1.807, 2.05) is 20.8 Å². The third-order valence-corrected chi connectivity index (χ3v) is 3.10. The van der Waals surface area contributed by atoms with Gasteiger partial charge in [-0.05, 0) is 24.6 Å². The minimum atomic E-state index is -4.39. The largest absolute Gasteiger partial charge is 0.482 e. The molecule has 0 atom stereocenters. The second-order valence-corrected chi connectivity index (χ2v) is 6.52. The second-order valence-electron chi connectivity index (χ2n) is 6.52. The van der Waals surface area contributed by atoms with Crippen molar-refractivity contribution in [3.05, 3.63) is 35.5 Å². The van der Waals surface area contributed by atoms with E-state index >= 15 is 0 Å². The summed E-state index contributed by atoms with van der Waals surface area (Å²) in [6.07, 6.45) is -4.39. The van der Waals surface area contributed by atoms with Crippen LogP contribution in [0.15, 0.2) is 22.7 Å². The molecule has 24 heavy (non-hydrogen) atoms. The lowest BCUT2D eigenvalue weighted by atomic mass is 9.96. The van der Waals surface area contributed by atoms with Crippen LogP contribution in [-0.2, 0) is 12.0 Å². The highest BCUT2D eigenvalue weighted by Crippen LogP contribution is 2.28. The number of benzene rings is 1. The van der Waals surface area contributed by atoms with Gasteiger partial charge in [0.25, 0.3) is 0 Å². The maximum absolute atomic E-state index is 12.4. The Morgan fingerprint density at radius 2 is 1.92 bits per heavy atom. The Balaban J connectivity index is 2.08. The molecule has 0 fully saturated rings. The van der Waals surface area contributed by atoms with Gasteiger partial charge in [0.05, 0.1) is 12.2 Å². The lowest BCUT2D eigenvalue weighted by Gasteiger charge is -2.14. The predicted octanol–water partition coefficient (Wildman–Crippen LogP) is 4.23. The van der Waals surface area contributed by atoms with Crippen LogP contribution in [0.1, 0.15) is 38.0 Å². The van der Waals surface area contributed by atoms with E-state index in [-0.39, 0.29) is 17.7 Å². The van der Waals surface area contributed by atoms with Crippen LogP contribution in [0, 0.1) is 6.92 Å². The summed E-state index contributed by atoms with van der Waals surface area (Å²) >= 11 is 0. The molecule has 0 aliphatic carbocycles. The monoisotopic (exact) mass is 343 g/mol. The van der Waals surface area contributed by atoms with Crippen molar-refractivity contribution in [2.75, 3.05) is 11.9 Å². The zero-order valence-corrected chi connectivity index (χ0v) is 14.0. The van der Waals surface area contributed by atoms with Crippen molar-refractivity contribution in [3.63, 3.8) is 0 Å². The van der Waals surface area contributed by atoms with Gasteiger partial charge in [0.1, 0.15) is 5.75 Å². The molecular formula is C16H20F3N3O2. The van der Waals surface area contributed by atoms with E-state index in [1.54, 1.807) is 25.1 Å². The van der Waals surface area contributed by atoms with Gasteiger partial charge in [-0.15, -0.1) is 0 Å². The smallest absolute Gasteiger partial charge is 0.422 e. The Kier molecular flexibility index (Phi) is 5.05. The van der Waals surface area contributed by atoms with Crippen molar-refractivity contribution in [3.8, 4) is 5.75 Å². The summed E-state index contributed by atoms with van der Waals surface area (Å²) in [5, 5.41) is 6.87. The number of halogens is 3. The van der Waals surface area contributed by atoms with Crippen LogP contribution in [0.2, 0.25) is 0 Å². The highest BCUT2D eigenvalue weighted by molar-refractivity contribution is 5.57. The van der Waals surface area contributed by atoms with Crippen LogP contribution in [0.5, 0.6) is 5.75 Å². The molecule has 0 amide bonds. The first-order valence-electron chi connectivity index (χ1n) is 7.42. The normalized spacial score (nSPS) is 12.3. The number of ether oxygens (including phenoxy) is 1. The highest BCUT2D eigenvalue weighted by Gasteiger charge is 2.29. The Labute approximate surface area is 138 Å². The van der Waals surface area contributed by atoms with Gasteiger partial charge in [-0.2, -0.15) is 18.2 Å². The fourth-order valence-electron chi connectivity index (χ4n) is 1.86. The number of nitrogens with zero attached hydrogens (tertiary/aromatic N) is 2. The van der Waals surface area contributed by atoms with Crippen molar-refractivity contribution in [2.45, 2.75) is 45.8 Å². The van der Waals surface area contributed by atoms with E-state index in [2.05, 4.69) is 15.5 Å². The molecule has 1 aromatic carbocycles. The molecule has 132 valence electrons. The number of hydrogen-bond acceptors (Lipinski definition) is 5. The van der Waals surface area contributed by atoms with Gasteiger partial charge in [-0.25, -0.2) is 0 Å². The third-order valence-electron chi connectivity index (χ3n) is 3.10. The van der Waals surface area contributed by atoms with E-state index in [1.165, 1.54) is 0 Å². The molecule has 0 aliphatic rings. The molecule has 0 unspecified atom stereocenters. The van der Waals surface area contributed by atoms with Crippen LogP contribution < -0.4 is 10.1 Å². The molecule has 1 N–H and O–H groups in total. The molecule has 0 spiro atoms. The number of nitrogens with one attached hydrogen (secondary N) is 1. The van der Waals surface area contributed by atoms with E-state index < -0.39 is 12.8 Å². The van der Waals surface area contributed by atoms with Gasteiger partial charge in [0, 0.05) is 5.41 Å². The van der Waals surface area contributed by atoms with Crippen molar-refractivity contribution in [1.82, 2.24) is 10.1 Å². The first-order valence-corrected chi connectivity index (χ1v) is 7.42. The SMILES string of the molecule is Cc1ccc(NCc2nc(C(C)(C)C)no2)c(OCC(F)(F)F)c1. The first kappa shape index (κ1) is 18.1. The standard InChI is InChI=1S/C16H20F3N3O2/c1-10-5-6-11(12(7-10)23-9-16(17,18)19)20-8-13-21-14(22-24-13)15(2,3)4/h5-7,20H,8-9H2,1-4H3. The molecule has 0 aliphatic heterocycles. The van der Waals surface area contributed by atoms with E-state index in [4.69, 9.17) is 9.26 Å². The summed E-state index contributed by atoms with van der Waals surface area (Å²) in [7, 11) is 0. The Morgan fingerprint density at radius 1 is 1.21 bits per heavy atom. The number of rotatable bonds is 5. The van der Waals surface area contributed by atoms with Crippen LogP contribution in [0.25, 0.3) is 0 Å². The lowest BCUT2D eigenvalue weighted by Crippen LogP contribution is -2.19. The summed E-state index contributed by atoms with van der Waals surface area (Å²) < 4.78 is 47.1. The molecule has 1 aromatic heterocycles. The number of alkyl halides is 3. The molecule has 2 aromatic rings. The molecule has 0 bridgehead atoms. The molecular weight excluding hydrogens is 323 g/mol. The number of aromatic nitrogens is 2. The van der Waals surface area contributed by atoms with Gasteiger partial charge in [0.2, 0.25) is 5.89 Å². The Hall–Kier alpha value is -2.25. The molecule has 0 radical (unpaired) electrons. The fourth-order valence-corrected chi connectivity index (χ4v) is 1.86. The summed E-state index contributed by atoms with van der Waals surface area (Å²) in [6, 6.07) is 4.97. The van der Waals surface area contributed by atoms with Crippen LogP contribution >= 0.6 is 0 Å². The maximum atomic E-state index is 12.4. The molecule has 1 heterocycles. The van der Waals surface area contributed by atoms with Crippen LogP contribution in [0.3, 0.4) is 0 Å². The van der Waals surface area contributed by atoms with Crippen molar-refractivity contribution in [1.29, 1.82) is 0 Å². The first-order chi connectivity index (χ1) is 11.0. The van der Waals surface area contributed by atoms with E-state index in [0.29, 0.717) is 17.4 Å². The third kappa shape index (κ3) is 5.14. The summed E-state index contributed by atoms with van der Waals surface area (Å²) in [5.41, 5.74) is 0.984. The number of anilines is 1. The highest BCUT2D eigenvalue weighted by atomic mass is 19.4.